The molecule has 2 unspecified atom stereocenters. The van der Waals surface area contributed by atoms with Crippen molar-refractivity contribution >= 4 is 23.2 Å². The van der Waals surface area contributed by atoms with E-state index < -0.39 is 0 Å². The summed E-state index contributed by atoms with van der Waals surface area (Å²) in [6.07, 6.45) is 4.52. The van der Waals surface area contributed by atoms with Crippen LogP contribution in [0, 0.1) is 5.92 Å². The molecule has 2 aliphatic rings. The van der Waals surface area contributed by atoms with Crippen LogP contribution in [0.25, 0.3) is 0 Å². The number of amides is 2. The summed E-state index contributed by atoms with van der Waals surface area (Å²) < 4.78 is 0. The Labute approximate surface area is 129 Å². The first-order valence-corrected chi connectivity index (χ1v) is 8.72. The summed E-state index contributed by atoms with van der Waals surface area (Å²) in [5, 5.41) is 4.99. The van der Waals surface area contributed by atoms with Crippen molar-refractivity contribution in [2.45, 2.75) is 51.1 Å². The van der Waals surface area contributed by atoms with E-state index in [2.05, 4.69) is 23.7 Å². The van der Waals surface area contributed by atoms with Gasteiger partial charge in [-0.2, -0.15) is 0 Å². The van der Waals surface area contributed by atoms with Crippen LogP contribution in [0.15, 0.2) is 17.5 Å². The molecular weight excluding hydrogens is 284 g/mol. The third-order valence-electron chi connectivity index (χ3n) is 4.35. The molecule has 1 saturated carbocycles. The second-order valence-corrected chi connectivity index (χ2v) is 6.96. The first kappa shape index (κ1) is 14.6. The average Bonchev–Trinajstić information content (AvgIpc) is 3.19. The first-order chi connectivity index (χ1) is 10.2. The predicted molar refractivity (Wildman–Crippen MR) is 83.0 cm³/mol. The van der Waals surface area contributed by atoms with Crippen molar-refractivity contribution in [2.75, 3.05) is 6.54 Å². The van der Waals surface area contributed by atoms with Gasteiger partial charge in [0.1, 0.15) is 6.04 Å². The molecule has 1 saturated heterocycles. The Kier molecular flexibility index (Phi) is 4.29. The van der Waals surface area contributed by atoms with Gasteiger partial charge in [0.2, 0.25) is 11.8 Å². The smallest absolute Gasteiger partial charge is 0.245 e. The Morgan fingerprint density at radius 3 is 2.86 bits per heavy atom. The molecule has 0 spiro atoms. The molecule has 114 valence electrons. The van der Waals surface area contributed by atoms with Gasteiger partial charge in [-0.05, 0) is 36.6 Å². The third-order valence-corrected chi connectivity index (χ3v) is 5.32. The number of rotatable bonds is 5. The van der Waals surface area contributed by atoms with Gasteiger partial charge in [-0.25, -0.2) is 0 Å². The Morgan fingerprint density at radius 1 is 1.43 bits per heavy atom. The largest absolute Gasteiger partial charge is 0.344 e. The predicted octanol–water partition coefficient (Wildman–Crippen LogP) is 2.72. The molecule has 2 heterocycles. The molecule has 1 aromatic rings. The molecule has 0 radical (unpaired) electrons. The van der Waals surface area contributed by atoms with Crippen molar-refractivity contribution in [3.05, 3.63) is 22.4 Å². The van der Waals surface area contributed by atoms with Gasteiger partial charge < -0.3 is 10.2 Å². The molecule has 3 rings (SSSR count). The normalized spacial score (nSPS) is 24.6. The molecule has 5 heteroatoms. The molecule has 1 N–H and O–H groups in total. The van der Waals surface area contributed by atoms with E-state index in [1.165, 1.54) is 4.88 Å². The molecule has 0 bridgehead atoms. The summed E-state index contributed by atoms with van der Waals surface area (Å²) in [5.41, 5.74) is 0. The molecule has 1 aromatic heterocycles. The number of thiophene rings is 1. The highest BCUT2D eigenvalue weighted by molar-refractivity contribution is 7.10. The van der Waals surface area contributed by atoms with Crippen molar-refractivity contribution in [1.82, 2.24) is 10.2 Å². The average molecular weight is 306 g/mol. The lowest BCUT2D eigenvalue weighted by Gasteiger charge is -2.32. The molecule has 4 nitrogen and oxygen atoms in total. The van der Waals surface area contributed by atoms with E-state index in [9.17, 15) is 9.59 Å². The molecule has 2 fully saturated rings. The molecule has 1 aliphatic heterocycles. The summed E-state index contributed by atoms with van der Waals surface area (Å²) in [7, 11) is 0. The van der Waals surface area contributed by atoms with E-state index >= 15 is 0 Å². The molecule has 2 amide bonds. The van der Waals surface area contributed by atoms with Crippen LogP contribution in [-0.4, -0.2) is 29.3 Å². The van der Waals surface area contributed by atoms with E-state index in [1.807, 2.05) is 11.0 Å². The summed E-state index contributed by atoms with van der Waals surface area (Å²) in [6, 6.07) is 3.97. The summed E-state index contributed by atoms with van der Waals surface area (Å²) in [6.45, 7) is 2.68. The topological polar surface area (TPSA) is 49.4 Å². The number of nitrogens with one attached hydrogen (secondary N) is 1. The maximum absolute atomic E-state index is 12.9. The Hall–Kier alpha value is -1.36. The zero-order chi connectivity index (χ0) is 14.8. The lowest BCUT2D eigenvalue weighted by Crippen LogP contribution is -2.47. The molecule has 2 atom stereocenters. The van der Waals surface area contributed by atoms with E-state index in [0.29, 0.717) is 18.9 Å². The van der Waals surface area contributed by atoms with E-state index in [4.69, 9.17) is 0 Å². The van der Waals surface area contributed by atoms with Gasteiger partial charge in [-0.1, -0.05) is 19.4 Å². The standard InChI is InChI=1S/C16H22N2O2S/c1-2-4-12(13-5-3-10-21-13)18-9-8-14(19)17-15(16(18)20)11-6-7-11/h3,5,10-12,15H,2,4,6-9H2,1H3,(H,17,19). The van der Waals surface area contributed by atoms with Gasteiger partial charge in [0.05, 0.1) is 6.04 Å². The summed E-state index contributed by atoms with van der Waals surface area (Å²) >= 11 is 1.70. The minimum atomic E-state index is -0.292. The van der Waals surface area contributed by atoms with Gasteiger partial charge in [0.25, 0.3) is 0 Å². The van der Waals surface area contributed by atoms with Crippen molar-refractivity contribution in [3.63, 3.8) is 0 Å². The molecule has 0 aromatic carbocycles. The van der Waals surface area contributed by atoms with Crippen LogP contribution in [-0.2, 0) is 9.59 Å². The minimum absolute atomic E-state index is 0.0178. The van der Waals surface area contributed by atoms with Gasteiger partial charge in [-0.15, -0.1) is 11.3 Å². The fraction of sp³-hybridized carbons (Fsp3) is 0.625. The SMILES string of the molecule is CCCC(c1cccs1)N1CCC(=O)NC(C2CC2)C1=O. The van der Waals surface area contributed by atoms with Crippen LogP contribution in [0.2, 0.25) is 0 Å². The molecule has 1 aliphatic carbocycles. The van der Waals surface area contributed by atoms with E-state index in [0.717, 1.165) is 25.7 Å². The Balaban J connectivity index is 1.86. The molecular formula is C16H22N2O2S. The van der Waals surface area contributed by atoms with Gasteiger partial charge in [-0.3, -0.25) is 9.59 Å². The van der Waals surface area contributed by atoms with Gasteiger partial charge in [0, 0.05) is 17.8 Å². The summed E-state index contributed by atoms with van der Waals surface area (Å²) in [5.74, 6) is 0.493. The van der Waals surface area contributed by atoms with Crippen LogP contribution >= 0.6 is 11.3 Å². The zero-order valence-electron chi connectivity index (χ0n) is 12.4. The zero-order valence-corrected chi connectivity index (χ0v) is 13.2. The van der Waals surface area contributed by atoms with E-state index in [-0.39, 0.29) is 23.9 Å². The Morgan fingerprint density at radius 2 is 2.24 bits per heavy atom. The number of carbonyl (C=O) groups excluding carboxylic acids is 2. The van der Waals surface area contributed by atoms with Crippen LogP contribution in [0.4, 0.5) is 0 Å². The second-order valence-electron chi connectivity index (χ2n) is 5.98. The first-order valence-electron chi connectivity index (χ1n) is 7.84. The highest BCUT2D eigenvalue weighted by Crippen LogP contribution is 2.37. The lowest BCUT2D eigenvalue weighted by molar-refractivity contribution is -0.136. The third kappa shape index (κ3) is 3.12. The maximum atomic E-state index is 12.9. The van der Waals surface area contributed by atoms with Crippen molar-refractivity contribution in [1.29, 1.82) is 0 Å². The van der Waals surface area contributed by atoms with Gasteiger partial charge in [0.15, 0.2) is 0 Å². The highest BCUT2D eigenvalue weighted by Gasteiger charge is 2.42. The summed E-state index contributed by atoms with van der Waals surface area (Å²) in [4.78, 5) is 28.0. The van der Waals surface area contributed by atoms with Gasteiger partial charge >= 0.3 is 0 Å². The van der Waals surface area contributed by atoms with Crippen LogP contribution < -0.4 is 5.32 Å². The molecule has 21 heavy (non-hydrogen) atoms. The number of hydrogen-bond donors (Lipinski definition) is 1. The Bertz CT molecular complexity index is 510. The fourth-order valence-electron chi connectivity index (χ4n) is 3.08. The number of nitrogens with zero attached hydrogens (tertiary/aromatic N) is 1. The van der Waals surface area contributed by atoms with E-state index in [1.54, 1.807) is 11.3 Å². The van der Waals surface area contributed by atoms with Crippen molar-refractivity contribution in [3.8, 4) is 0 Å². The van der Waals surface area contributed by atoms with Crippen LogP contribution in [0.5, 0.6) is 0 Å². The minimum Gasteiger partial charge on any atom is -0.344 e. The van der Waals surface area contributed by atoms with Crippen molar-refractivity contribution < 1.29 is 9.59 Å². The monoisotopic (exact) mass is 306 g/mol. The number of hydrogen-bond acceptors (Lipinski definition) is 3. The highest BCUT2D eigenvalue weighted by atomic mass is 32.1. The lowest BCUT2D eigenvalue weighted by atomic mass is 10.1. The van der Waals surface area contributed by atoms with Crippen molar-refractivity contribution in [2.24, 2.45) is 5.92 Å². The fourth-order valence-corrected chi connectivity index (χ4v) is 3.96. The van der Waals surface area contributed by atoms with Crippen LogP contribution in [0.1, 0.15) is 49.9 Å². The maximum Gasteiger partial charge on any atom is 0.245 e. The van der Waals surface area contributed by atoms with Crippen LogP contribution in [0.3, 0.4) is 0 Å². The quantitative estimate of drug-likeness (QED) is 0.909. The number of carbonyl (C=O) groups is 2. The second kappa shape index (κ2) is 6.18.